The molecule has 298 valence electrons. The second-order valence-corrected chi connectivity index (χ2v) is 18.2. The molecule has 4 aromatic carbocycles. The monoisotopic (exact) mass is 777 g/mol. The van der Waals surface area contributed by atoms with Crippen molar-refractivity contribution < 1.29 is 24.2 Å². The summed E-state index contributed by atoms with van der Waals surface area (Å²) in [6.45, 7) is 7.26. The van der Waals surface area contributed by atoms with Crippen LogP contribution in [0.1, 0.15) is 88.5 Å². The van der Waals surface area contributed by atoms with Crippen LogP contribution in [0.2, 0.25) is 0 Å². The van der Waals surface area contributed by atoms with E-state index < -0.39 is 6.04 Å². The van der Waals surface area contributed by atoms with Crippen molar-refractivity contribution in [2.75, 3.05) is 55.7 Å². The van der Waals surface area contributed by atoms with Crippen molar-refractivity contribution in [2.45, 2.75) is 75.4 Å². The molecule has 4 atom stereocenters. The first kappa shape index (κ1) is 35.8. The Morgan fingerprint density at radius 2 is 1.67 bits per heavy atom. The number of amides is 3. The van der Waals surface area contributed by atoms with Crippen molar-refractivity contribution in [3.63, 3.8) is 0 Å². The van der Waals surface area contributed by atoms with Gasteiger partial charge in [0, 0.05) is 69.4 Å². The zero-order chi connectivity index (χ0) is 39.1. The molecular formula is C48H51N5O5. The van der Waals surface area contributed by atoms with Gasteiger partial charge in [-0.1, -0.05) is 48.5 Å². The second kappa shape index (κ2) is 13.9. The molecule has 2 aliphatic carbocycles. The van der Waals surface area contributed by atoms with Crippen LogP contribution in [0.15, 0.2) is 84.9 Å². The van der Waals surface area contributed by atoms with Gasteiger partial charge in [0.05, 0.1) is 11.7 Å². The van der Waals surface area contributed by atoms with Gasteiger partial charge in [-0.3, -0.25) is 24.6 Å². The molecular weight excluding hydrogens is 727 g/mol. The van der Waals surface area contributed by atoms with Crippen LogP contribution in [0.5, 0.6) is 11.5 Å². The number of aryl methyl sites for hydroxylation is 1. The first-order valence-electron chi connectivity index (χ1n) is 21.4. The smallest absolute Gasteiger partial charge is 0.255 e. The molecule has 1 saturated carbocycles. The summed E-state index contributed by atoms with van der Waals surface area (Å²) in [6.07, 6.45) is 6.50. The molecule has 58 heavy (non-hydrogen) atoms. The van der Waals surface area contributed by atoms with E-state index in [-0.39, 0.29) is 36.1 Å². The van der Waals surface area contributed by atoms with Crippen LogP contribution in [0.4, 0.5) is 11.4 Å². The molecule has 10 heteroatoms. The number of aromatic hydroxyl groups is 1. The summed E-state index contributed by atoms with van der Waals surface area (Å²) < 4.78 is 6.32. The summed E-state index contributed by atoms with van der Waals surface area (Å²) in [6, 6.07) is 30.0. The number of fused-ring (bicyclic) bond motifs is 5. The molecule has 3 saturated heterocycles. The fraction of sp³-hybridized carbons (Fsp3) is 0.438. The van der Waals surface area contributed by atoms with E-state index in [1.807, 2.05) is 18.2 Å². The summed E-state index contributed by atoms with van der Waals surface area (Å²) in [5, 5.41) is 12.7. The topological polar surface area (TPSA) is 106 Å². The number of hydrogen-bond acceptors (Lipinski definition) is 8. The van der Waals surface area contributed by atoms with Gasteiger partial charge in [0.2, 0.25) is 11.8 Å². The van der Waals surface area contributed by atoms with E-state index in [0.717, 1.165) is 75.0 Å². The van der Waals surface area contributed by atoms with E-state index >= 15 is 0 Å². The summed E-state index contributed by atoms with van der Waals surface area (Å²) in [5.74, 6) is 1.67. The summed E-state index contributed by atoms with van der Waals surface area (Å²) >= 11 is 0. The lowest BCUT2D eigenvalue weighted by Gasteiger charge is -2.50. The van der Waals surface area contributed by atoms with Crippen LogP contribution in [-0.4, -0.2) is 90.6 Å². The van der Waals surface area contributed by atoms with Crippen molar-refractivity contribution >= 4 is 29.1 Å². The van der Waals surface area contributed by atoms with E-state index in [9.17, 15) is 19.5 Å². The van der Waals surface area contributed by atoms with Gasteiger partial charge in [-0.2, -0.15) is 0 Å². The highest BCUT2D eigenvalue weighted by Gasteiger charge is 2.49. The normalized spacial score (nSPS) is 29.0. The highest BCUT2D eigenvalue weighted by Crippen LogP contribution is 2.53. The van der Waals surface area contributed by atoms with Crippen LogP contribution in [0.25, 0.3) is 0 Å². The van der Waals surface area contributed by atoms with Crippen LogP contribution in [0, 0.1) is 11.3 Å². The molecule has 4 aromatic rings. The predicted octanol–water partition coefficient (Wildman–Crippen LogP) is 6.20. The van der Waals surface area contributed by atoms with Crippen molar-refractivity contribution in [1.82, 2.24) is 15.1 Å². The number of piperazine rings is 1. The first-order chi connectivity index (χ1) is 28.3. The maximum atomic E-state index is 13.4. The van der Waals surface area contributed by atoms with Gasteiger partial charge in [0.1, 0.15) is 24.1 Å². The maximum Gasteiger partial charge on any atom is 0.255 e. The SMILES string of the molecule is O=C1CCC(N2Cc3cc4c(cc3C2=O)OC[C@@H]2CN(CC3CC5(CCN(c6ccc(C7c8ccc(O)cc8CCC7c7ccccc7)cc6)C5)C3)CCN42)C(=O)N1. The van der Waals surface area contributed by atoms with Gasteiger partial charge in [-0.15, -0.1) is 0 Å². The predicted molar refractivity (Wildman–Crippen MR) is 221 cm³/mol. The molecule has 0 aromatic heterocycles. The number of anilines is 2. The maximum absolute atomic E-state index is 13.4. The summed E-state index contributed by atoms with van der Waals surface area (Å²) in [7, 11) is 0. The van der Waals surface area contributed by atoms with Gasteiger partial charge in [-0.25, -0.2) is 0 Å². The second-order valence-electron chi connectivity index (χ2n) is 18.2. The number of phenolic OH excluding ortho intramolecular Hbond substituents is 1. The molecule has 11 rings (SSSR count). The van der Waals surface area contributed by atoms with Crippen molar-refractivity contribution in [2.24, 2.45) is 11.3 Å². The Bertz CT molecular complexity index is 2290. The lowest BCUT2D eigenvalue weighted by molar-refractivity contribution is -0.136. The number of ether oxygens (including phenoxy) is 1. The number of nitrogens with one attached hydrogen (secondary N) is 1. The molecule has 2 N–H and O–H groups in total. The zero-order valence-corrected chi connectivity index (χ0v) is 32.9. The van der Waals surface area contributed by atoms with E-state index in [0.29, 0.717) is 42.2 Å². The quantitative estimate of drug-likeness (QED) is 0.223. The average Bonchev–Trinajstić information content (AvgIpc) is 3.81. The number of carbonyl (C=O) groups is 3. The van der Waals surface area contributed by atoms with E-state index in [1.54, 1.807) is 4.90 Å². The number of imide groups is 1. The third-order valence-corrected chi connectivity index (χ3v) is 14.7. The Kier molecular flexibility index (Phi) is 8.57. The lowest BCUT2D eigenvalue weighted by atomic mass is 9.61. The number of hydrogen-bond donors (Lipinski definition) is 2. The minimum Gasteiger partial charge on any atom is -0.508 e. The molecule has 10 nitrogen and oxygen atoms in total. The van der Waals surface area contributed by atoms with Crippen molar-refractivity contribution in [1.29, 1.82) is 0 Å². The minimum atomic E-state index is -0.617. The third-order valence-electron chi connectivity index (χ3n) is 14.7. The zero-order valence-electron chi connectivity index (χ0n) is 32.9. The van der Waals surface area contributed by atoms with Crippen LogP contribution >= 0.6 is 0 Å². The van der Waals surface area contributed by atoms with Gasteiger partial charge in [0.25, 0.3) is 5.91 Å². The van der Waals surface area contributed by atoms with Crippen LogP contribution in [-0.2, 0) is 22.6 Å². The molecule has 5 aliphatic heterocycles. The Hall–Kier alpha value is -5.35. The summed E-state index contributed by atoms with van der Waals surface area (Å²) in [5.41, 5.74) is 9.67. The molecule has 0 bridgehead atoms. The molecule has 3 unspecified atom stereocenters. The highest BCUT2D eigenvalue weighted by molar-refractivity contribution is 6.06. The molecule has 1 spiro atoms. The van der Waals surface area contributed by atoms with E-state index in [4.69, 9.17) is 4.74 Å². The molecule has 4 fully saturated rings. The summed E-state index contributed by atoms with van der Waals surface area (Å²) in [4.78, 5) is 47.0. The third kappa shape index (κ3) is 6.14. The van der Waals surface area contributed by atoms with Gasteiger partial charge in [-0.05, 0) is 120 Å². The highest BCUT2D eigenvalue weighted by atomic mass is 16.5. The minimum absolute atomic E-state index is 0.161. The Morgan fingerprint density at radius 1 is 0.828 bits per heavy atom. The number of rotatable bonds is 6. The fourth-order valence-corrected chi connectivity index (χ4v) is 12.0. The van der Waals surface area contributed by atoms with Crippen LogP contribution < -0.4 is 19.9 Å². The molecule has 7 aliphatic rings. The fourth-order valence-electron chi connectivity index (χ4n) is 12.0. The number of phenols is 1. The largest absolute Gasteiger partial charge is 0.508 e. The van der Waals surface area contributed by atoms with E-state index in [2.05, 4.69) is 86.7 Å². The lowest BCUT2D eigenvalue weighted by Crippen LogP contribution is -2.58. The Balaban J connectivity index is 0.707. The van der Waals surface area contributed by atoms with E-state index in [1.165, 1.54) is 47.2 Å². The number of piperidine rings is 1. The number of carbonyl (C=O) groups excluding carboxylic acids is 3. The standard InChI is InChI=1S/C48H51N5O5/c54-37-11-13-39-33(20-37)8-12-38(31-4-2-1-3-5-31)45(39)32-6-9-35(10-7-32)51-17-16-48(29-51)23-30(24-48)25-50-18-19-52-36(27-50)28-58-43-22-40-34(21-42(43)52)26-53(47(40)57)41-14-15-44(55)49-46(41)56/h1-7,9-11,13,20-22,30,36,38,41,45,54H,8,12,14-19,23-29H2,(H,49,55,56)/t30?,36-,38?,41?,45?,48?/m0/s1. The van der Waals surface area contributed by atoms with Gasteiger partial charge < -0.3 is 24.5 Å². The molecule has 0 radical (unpaired) electrons. The number of nitrogens with zero attached hydrogens (tertiary/aromatic N) is 4. The van der Waals surface area contributed by atoms with Gasteiger partial charge >= 0.3 is 0 Å². The Labute approximate surface area is 339 Å². The first-order valence-corrected chi connectivity index (χ1v) is 21.4. The van der Waals surface area contributed by atoms with Crippen molar-refractivity contribution in [3.05, 3.63) is 118 Å². The molecule has 5 heterocycles. The number of benzene rings is 4. The molecule has 3 amide bonds. The van der Waals surface area contributed by atoms with Gasteiger partial charge in [0.15, 0.2) is 0 Å². The van der Waals surface area contributed by atoms with Crippen LogP contribution in [0.3, 0.4) is 0 Å². The Morgan fingerprint density at radius 3 is 2.50 bits per heavy atom. The van der Waals surface area contributed by atoms with Crippen molar-refractivity contribution in [3.8, 4) is 11.5 Å². The average molecular weight is 778 g/mol.